The number of ketones is 2. The molecule has 64 heavy (non-hydrogen) atoms. The number of ether oxygens (including phenoxy) is 12. The van der Waals surface area contributed by atoms with Crippen LogP contribution in [0.4, 0.5) is 0 Å². The molecule has 1 saturated heterocycles. The van der Waals surface area contributed by atoms with E-state index >= 15 is 0 Å². The van der Waals surface area contributed by atoms with Crippen molar-refractivity contribution in [3.05, 3.63) is 0 Å². The van der Waals surface area contributed by atoms with Gasteiger partial charge in [-0.3, -0.25) is 24.0 Å². The minimum atomic E-state index is -0.654. The van der Waals surface area contributed by atoms with Crippen LogP contribution in [-0.2, 0) is 90.4 Å². The third-order valence-electron chi connectivity index (χ3n) is 7.57. The van der Waals surface area contributed by atoms with Crippen LogP contribution in [0.3, 0.4) is 0 Å². The van der Waals surface area contributed by atoms with E-state index in [0.717, 1.165) is 0 Å². The Morgan fingerprint density at radius 2 is 0.812 bits per heavy atom. The lowest BCUT2D eigenvalue weighted by molar-refractivity contribution is -0.195. The summed E-state index contributed by atoms with van der Waals surface area (Å²) in [7, 11) is 0. The topological polar surface area (TPSA) is 264 Å². The Kier molecular flexibility index (Phi) is 48.7. The summed E-state index contributed by atoms with van der Waals surface area (Å²) in [6.45, 7) is 18.3. The predicted octanol–water partition coefficient (Wildman–Crippen LogP) is 0.585. The zero-order chi connectivity index (χ0) is 47.9. The van der Waals surface area contributed by atoms with Gasteiger partial charge in [0, 0.05) is 25.9 Å². The fourth-order valence-electron chi connectivity index (χ4n) is 3.94. The highest BCUT2D eigenvalue weighted by molar-refractivity contribution is 9.09. The standard InChI is InChI=1S/C18H34BrNO8.C16H33NO7.C6H6BrNO4/c1-16(21)17(2)28-14-13-27-12-11-26-10-9-25-8-7-24-6-5-23-4-3-20-18(22)15-19;1-15(18)16(2)24-14-13-23-12-11-22-10-9-21-8-7-20-6-5-19-4-3-17;7-3-6(11)12-8-4(9)1-2-5(8)10/h17H,3-15H2,1-2H3,(H,20,22);16H,3-14,17H2,1-2H3;1-3H2/t17-;16-;/m00./s1. The van der Waals surface area contributed by atoms with Crippen molar-refractivity contribution in [3.8, 4) is 0 Å². The lowest BCUT2D eigenvalue weighted by Gasteiger charge is -2.10. The lowest BCUT2D eigenvalue weighted by atomic mass is 10.3. The van der Waals surface area contributed by atoms with Gasteiger partial charge in [0.25, 0.3) is 11.8 Å². The highest BCUT2D eigenvalue weighted by Crippen LogP contribution is 2.12. The molecule has 1 rings (SSSR count). The maximum Gasteiger partial charge on any atom is 0.343 e. The Morgan fingerprint density at radius 1 is 0.516 bits per heavy atom. The van der Waals surface area contributed by atoms with E-state index in [4.69, 9.17) is 62.6 Å². The molecule has 0 spiro atoms. The summed E-state index contributed by atoms with van der Waals surface area (Å²) >= 11 is 5.90. The number of hydrogen-bond donors (Lipinski definition) is 2. The van der Waals surface area contributed by atoms with E-state index in [-0.39, 0.29) is 47.9 Å². The van der Waals surface area contributed by atoms with Crippen molar-refractivity contribution in [2.45, 2.75) is 52.7 Å². The number of nitrogens with zero attached hydrogens (tertiary/aromatic N) is 1. The molecule has 1 aliphatic heterocycles. The number of imide groups is 1. The van der Waals surface area contributed by atoms with Crippen molar-refractivity contribution < 1.29 is 90.4 Å². The van der Waals surface area contributed by atoms with Crippen molar-refractivity contribution in [2.24, 2.45) is 5.73 Å². The number of alkyl halides is 2. The average Bonchev–Trinajstić information content (AvgIpc) is 3.60. The molecule has 1 fully saturated rings. The second-order valence-corrected chi connectivity index (χ2v) is 13.9. The molecule has 3 N–H and O–H groups in total. The van der Waals surface area contributed by atoms with Gasteiger partial charge in [0.1, 0.15) is 17.5 Å². The number of rotatable bonds is 42. The Morgan fingerprint density at radius 3 is 1.09 bits per heavy atom. The lowest BCUT2D eigenvalue weighted by Crippen LogP contribution is -2.32. The summed E-state index contributed by atoms with van der Waals surface area (Å²) in [5.41, 5.74) is 5.29. The van der Waals surface area contributed by atoms with Crippen molar-refractivity contribution in [1.29, 1.82) is 0 Å². The number of amides is 3. The van der Waals surface area contributed by atoms with Crippen molar-refractivity contribution in [2.75, 3.05) is 169 Å². The van der Waals surface area contributed by atoms with E-state index in [9.17, 15) is 28.8 Å². The molecule has 1 aliphatic rings. The summed E-state index contributed by atoms with van der Waals surface area (Å²) in [5, 5.41) is 3.46. The van der Waals surface area contributed by atoms with E-state index in [0.29, 0.717) is 169 Å². The molecular formula is C40H73Br2N3O19. The number of Topliss-reactive ketones (excluding diaryl/α,β-unsaturated/α-hetero) is 2. The summed E-state index contributed by atoms with van der Waals surface area (Å²) in [5.74, 6) is -1.61. The average molecular weight is 1060 g/mol. The van der Waals surface area contributed by atoms with Crippen molar-refractivity contribution in [1.82, 2.24) is 10.4 Å². The smallest absolute Gasteiger partial charge is 0.343 e. The number of nitrogens with one attached hydrogen (secondary N) is 1. The van der Waals surface area contributed by atoms with Crippen molar-refractivity contribution in [3.63, 3.8) is 0 Å². The molecule has 0 aromatic heterocycles. The predicted molar refractivity (Wildman–Crippen MR) is 237 cm³/mol. The van der Waals surface area contributed by atoms with Crippen LogP contribution in [0.25, 0.3) is 0 Å². The van der Waals surface area contributed by atoms with E-state index in [1.807, 2.05) is 0 Å². The monoisotopic (exact) mass is 1060 g/mol. The molecule has 22 nitrogen and oxygen atoms in total. The van der Waals surface area contributed by atoms with Gasteiger partial charge in [0.05, 0.1) is 151 Å². The summed E-state index contributed by atoms with van der Waals surface area (Å²) in [6, 6.07) is 0. The van der Waals surface area contributed by atoms with E-state index < -0.39 is 17.8 Å². The van der Waals surface area contributed by atoms with Crippen LogP contribution < -0.4 is 11.1 Å². The minimum Gasteiger partial charge on any atom is -0.378 e. The third-order valence-corrected chi connectivity index (χ3v) is 8.54. The van der Waals surface area contributed by atoms with Gasteiger partial charge in [-0.2, -0.15) is 0 Å². The number of halogens is 2. The van der Waals surface area contributed by atoms with Crippen LogP contribution in [0.15, 0.2) is 0 Å². The molecule has 0 saturated carbocycles. The number of carbonyl (C=O) groups is 6. The Balaban J connectivity index is 0. The van der Waals surface area contributed by atoms with Crippen LogP contribution >= 0.6 is 31.9 Å². The Hall–Kier alpha value is -2.14. The molecule has 0 aromatic carbocycles. The van der Waals surface area contributed by atoms with E-state index in [2.05, 4.69) is 42.0 Å². The molecule has 0 aromatic rings. The molecule has 376 valence electrons. The molecule has 2 atom stereocenters. The van der Waals surface area contributed by atoms with Crippen LogP contribution in [0, 0.1) is 0 Å². The second kappa shape index (κ2) is 48.8. The van der Waals surface area contributed by atoms with Gasteiger partial charge in [-0.25, -0.2) is 4.79 Å². The first-order chi connectivity index (χ1) is 30.9. The van der Waals surface area contributed by atoms with Gasteiger partial charge in [0.2, 0.25) is 5.91 Å². The van der Waals surface area contributed by atoms with Gasteiger partial charge >= 0.3 is 5.97 Å². The number of carbonyl (C=O) groups excluding carboxylic acids is 6. The summed E-state index contributed by atoms with van der Waals surface area (Å²) < 4.78 is 63.8. The minimum absolute atomic E-state index is 0.00903. The molecule has 3 amide bonds. The highest BCUT2D eigenvalue weighted by atomic mass is 79.9. The fraction of sp³-hybridized carbons (Fsp3) is 0.850. The number of hydroxylamine groups is 2. The fourth-order valence-corrected chi connectivity index (χ4v) is 4.24. The van der Waals surface area contributed by atoms with Gasteiger partial charge < -0.3 is 72.7 Å². The molecule has 24 heteroatoms. The third kappa shape index (κ3) is 45.0. The highest BCUT2D eigenvalue weighted by Gasteiger charge is 2.32. The normalized spacial score (nSPS) is 13.1. The molecule has 0 aliphatic carbocycles. The first-order valence-corrected chi connectivity index (χ1v) is 23.3. The Bertz CT molecular complexity index is 1160. The molecular weight excluding hydrogens is 986 g/mol. The van der Waals surface area contributed by atoms with Gasteiger partial charge in [-0.05, 0) is 27.7 Å². The maximum atomic E-state index is 11.0. The number of nitrogens with two attached hydrogens (primary N) is 1. The van der Waals surface area contributed by atoms with E-state index in [1.54, 1.807) is 13.8 Å². The van der Waals surface area contributed by atoms with Crippen LogP contribution in [0.2, 0.25) is 0 Å². The van der Waals surface area contributed by atoms with Crippen molar-refractivity contribution >= 4 is 67.1 Å². The molecule has 1 heterocycles. The van der Waals surface area contributed by atoms with Gasteiger partial charge in [-0.15, -0.1) is 5.06 Å². The zero-order valence-electron chi connectivity index (χ0n) is 38.0. The quantitative estimate of drug-likeness (QED) is 0.0481. The second-order valence-electron chi connectivity index (χ2n) is 12.8. The Labute approximate surface area is 394 Å². The van der Waals surface area contributed by atoms with Crippen LogP contribution in [0.5, 0.6) is 0 Å². The molecule has 0 unspecified atom stereocenters. The molecule has 0 bridgehead atoms. The number of hydrogen-bond acceptors (Lipinski definition) is 20. The van der Waals surface area contributed by atoms with Gasteiger partial charge in [-0.1, -0.05) is 31.9 Å². The van der Waals surface area contributed by atoms with Crippen LogP contribution in [0.1, 0.15) is 40.5 Å². The van der Waals surface area contributed by atoms with Crippen LogP contribution in [-0.4, -0.2) is 222 Å². The molecule has 0 radical (unpaired) electrons. The zero-order valence-corrected chi connectivity index (χ0v) is 41.2. The first-order valence-electron chi connectivity index (χ1n) is 21.1. The summed E-state index contributed by atoms with van der Waals surface area (Å²) in [4.78, 5) is 69.6. The maximum absolute atomic E-state index is 11.0. The van der Waals surface area contributed by atoms with Gasteiger partial charge in [0.15, 0.2) is 11.6 Å². The first kappa shape index (κ1) is 63.9. The SMILES string of the molecule is CC(=O)[C@H](C)OCCOCCOCCOCCOCCOCCN.CC(=O)[C@H](C)OCCOCCOCCOCCOCCOCCNC(=O)CBr.O=C(CBr)ON1C(=O)CCC1=O. The van der Waals surface area contributed by atoms with E-state index in [1.165, 1.54) is 13.8 Å². The summed E-state index contributed by atoms with van der Waals surface area (Å²) in [6.07, 6.45) is -0.515. The largest absolute Gasteiger partial charge is 0.378 e.